The molecule has 0 aliphatic heterocycles. The first-order valence-electron chi connectivity index (χ1n) is 17.5. The fourth-order valence-corrected chi connectivity index (χ4v) is 7.00. The molecule has 3 fully saturated rings. The van der Waals surface area contributed by atoms with Crippen LogP contribution in [0, 0.1) is 10.1 Å². The molecule has 3 aromatic heterocycles. The van der Waals surface area contributed by atoms with Crippen LogP contribution in [-0.2, 0) is 22.4 Å². The molecule has 3 aliphatic carbocycles. The summed E-state index contributed by atoms with van der Waals surface area (Å²) in [6, 6.07) is 16.3. The quantitative estimate of drug-likeness (QED) is 0.0588. The van der Waals surface area contributed by atoms with Crippen LogP contribution in [0.15, 0.2) is 73.2 Å². The Hall–Kier alpha value is -5.46. The number of hydrogen-bond acceptors (Lipinski definition) is 6. The molecular weight excluding hydrogens is 648 g/mol. The Labute approximate surface area is 293 Å². The molecule has 0 bridgehead atoms. The maximum atomic E-state index is 11.2. The minimum atomic E-state index is -1.12. The first-order chi connectivity index (χ1) is 24.6. The molecular formula is C39H42N6O6. The molecule has 6 aromatic rings. The summed E-state index contributed by atoms with van der Waals surface area (Å²) in [5.74, 6) is -0.123. The van der Waals surface area contributed by atoms with E-state index in [1.165, 1.54) is 53.8 Å². The van der Waals surface area contributed by atoms with E-state index in [0.29, 0.717) is 29.2 Å². The lowest BCUT2D eigenvalue weighted by molar-refractivity contribution is -0.383. The van der Waals surface area contributed by atoms with Gasteiger partial charge in [0, 0.05) is 53.9 Å². The second-order valence-corrected chi connectivity index (χ2v) is 14.0. The summed E-state index contributed by atoms with van der Waals surface area (Å²) in [6.45, 7) is 0. The zero-order chi connectivity index (χ0) is 35.8. The van der Waals surface area contributed by atoms with Gasteiger partial charge in [0.25, 0.3) is 5.69 Å². The highest BCUT2D eigenvalue weighted by molar-refractivity contribution is 5.95. The molecule has 0 spiro atoms. The van der Waals surface area contributed by atoms with Crippen LogP contribution in [-0.4, -0.2) is 54.1 Å². The predicted octanol–water partition coefficient (Wildman–Crippen LogP) is 6.95. The summed E-state index contributed by atoms with van der Waals surface area (Å²) in [6.07, 6.45) is 13.4. The normalized spacial score (nSPS) is 16.6. The average Bonchev–Trinajstić information content (AvgIpc) is 4.06. The zero-order valence-electron chi connectivity index (χ0n) is 28.1. The number of nitrogens with zero attached hydrogens (tertiary/aromatic N) is 1. The van der Waals surface area contributed by atoms with Crippen molar-refractivity contribution < 1.29 is 24.7 Å². The molecule has 3 aromatic carbocycles. The minimum absolute atomic E-state index is 0.0109. The first-order valence-corrected chi connectivity index (χ1v) is 17.5. The van der Waals surface area contributed by atoms with Crippen molar-refractivity contribution in [1.82, 2.24) is 15.0 Å². The standard InChI is InChI=1S/C14H15N3O4.C14H16N2O2.C11H11N/c15-10(14(18)19)5-8-6-16-13-9(7-1-2-7)3-4-11(12(8)13)17(20)21;15-12(14(17)18)6-9-7-16-13-10(8-4-5-8)2-1-3-11(9)13;1-2-9-6-7-12-11(9)10(3-1)8-4-5-8/h3-4,6-7,10,16H,1-2,5,15H2,(H,18,19);1-3,7-8,12,16H,4-6,15H2,(H,17,18);1-3,6-8,12H,4-5H2/t10-;12-;/m00./s1. The molecule has 3 saturated carbocycles. The van der Waals surface area contributed by atoms with Crippen molar-refractivity contribution in [2.45, 2.75) is 81.2 Å². The van der Waals surface area contributed by atoms with Gasteiger partial charge in [-0.25, -0.2) is 0 Å². The molecule has 12 nitrogen and oxygen atoms in total. The van der Waals surface area contributed by atoms with Crippen LogP contribution in [0.25, 0.3) is 32.7 Å². The lowest BCUT2D eigenvalue weighted by atomic mass is 10.0. The topological polar surface area (TPSA) is 217 Å². The number of non-ortho nitro benzene ring substituents is 1. The largest absolute Gasteiger partial charge is 0.480 e. The highest BCUT2D eigenvalue weighted by Crippen LogP contribution is 2.46. The molecule has 2 atom stereocenters. The molecule has 3 heterocycles. The maximum absolute atomic E-state index is 11.2. The van der Waals surface area contributed by atoms with Crippen LogP contribution < -0.4 is 11.5 Å². The van der Waals surface area contributed by atoms with Gasteiger partial charge in [0.15, 0.2) is 0 Å². The van der Waals surface area contributed by atoms with E-state index in [9.17, 15) is 19.7 Å². The van der Waals surface area contributed by atoms with Gasteiger partial charge >= 0.3 is 11.9 Å². The van der Waals surface area contributed by atoms with Gasteiger partial charge < -0.3 is 36.6 Å². The van der Waals surface area contributed by atoms with Crippen molar-refractivity contribution in [3.63, 3.8) is 0 Å². The lowest BCUT2D eigenvalue weighted by Crippen LogP contribution is -2.32. The molecule has 51 heavy (non-hydrogen) atoms. The van der Waals surface area contributed by atoms with Gasteiger partial charge in [0.1, 0.15) is 12.1 Å². The maximum Gasteiger partial charge on any atom is 0.320 e. The first kappa shape index (κ1) is 34.0. The minimum Gasteiger partial charge on any atom is -0.480 e. The van der Waals surface area contributed by atoms with Crippen LogP contribution in [0.3, 0.4) is 0 Å². The van der Waals surface area contributed by atoms with E-state index < -0.39 is 28.9 Å². The molecule has 3 aliphatic rings. The Balaban J connectivity index is 0.000000123. The number of nitrogens with two attached hydrogens (primary N) is 2. The Morgan fingerprint density at radius 3 is 1.82 bits per heavy atom. The number of rotatable bonds is 10. The van der Waals surface area contributed by atoms with E-state index in [0.717, 1.165) is 46.3 Å². The Morgan fingerprint density at radius 1 is 0.706 bits per heavy atom. The second-order valence-electron chi connectivity index (χ2n) is 14.0. The summed E-state index contributed by atoms with van der Waals surface area (Å²) in [4.78, 5) is 42.1. The molecule has 264 valence electrons. The second kappa shape index (κ2) is 14.0. The van der Waals surface area contributed by atoms with Gasteiger partial charge in [-0.1, -0.05) is 36.4 Å². The van der Waals surface area contributed by atoms with Gasteiger partial charge in [-0.3, -0.25) is 19.7 Å². The number of aromatic nitrogens is 3. The molecule has 12 heteroatoms. The van der Waals surface area contributed by atoms with Crippen molar-refractivity contribution in [3.8, 4) is 0 Å². The zero-order valence-corrected chi connectivity index (χ0v) is 28.1. The van der Waals surface area contributed by atoms with Crippen molar-refractivity contribution in [1.29, 1.82) is 0 Å². The Morgan fingerprint density at radius 2 is 1.24 bits per heavy atom. The third-order valence-electron chi connectivity index (χ3n) is 10.1. The van der Waals surface area contributed by atoms with Crippen molar-refractivity contribution >= 4 is 50.3 Å². The van der Waals surface area contributed by atoms with E-state index in [4.69, 9.17) is 21.7 Å². The number of carboxylic acid groups (broad SMARTS) is 2. The molecule has 0 saturated heterocycles. The van der Waals surface area contributed by atoms with Crippen molar-refractivity contribution in [3.05, 3.63) is 111 Å². The van der Waals surface area contributed by atoms with Crippen molar-refractivity contribution in [2.24, 2.45) is 11.5 Å². The highest BCUT2D eigenvalue weighted by Gasteiger charge is 2.30. The third kappa shape index (κ3) is 7.38. The van der Waals surface area contributed by atoms with Gasteiger partial charge in [-0.15, -0.1) is 0 Å². The number of para-hydroxylation sites is 2. The molecule has 0 radical (unpaired) electrons. The van der Waals surface area contributed by atoms with Gasteiger partial charge in [0.05, 0.1) is 15.8 Å². The number of benzene rings is 3. The summed E-state index contributed by atoms with van der Waals surface area (Å²) in [5, 5.41) is 32.0. The van der Waals surface area contributed by atoms with Crippen LogP contribution in [0.2, 0.25) is 0 Å². The number of H-pyrrole nitrogens is 3. The number of nitro benzene ring substituents is 1. The number of carboxylic acids is 2. The SMILES string of the molecule is N[C@@H](Cc1c[nH]c2c(C3CC3)ccc([N+](=O)[O-])c12)C(=O)O.N[C@@H](Cc1c[nH]c2c(C3CC3)cccc12)C(=O)O.c1cc(C2CC2)c2[nH]ccc2c1. The van der Waals surface area contributed by atoms with E-state index in [2.05, 4.69) is 45.3 Å². The molecule has 0 amide bonds. The highest BCUT2D eigenvalue weighted by atomic mass is 16.6. The number of hydrogen-bond donors (Lipinski definition) is 7. The number of aliphatic carboxylic acids is 2. The summed E-state index contributed by atoms with van der Waals surface area (Å²) in [7, 11) is 0. The average molecular weight is 691 g/mol. The van der Waals surface area contributed by atoms with Crippen LogP contribution >= 0.6 is 0 Å². The summed E-state index contributed by atoms with van der Waals surface area (Å²) < 4.78 is 0. The third-order valence-corrected chi connectivity index (χ3v) is 10.1. The summed E-state index contributed by atoms with van der Waals surface area (Å²) in [5.41, 5.74) is 19.9. The van der Waals surface area contributed by atoms with E-state index >= 15 is 0 Å². The monoisotopic (exact) mass is 690 g/mol. The van der Waals surface area contributed by atoms with Crippen LogP contribution in [0.5, 0.6) is 0 Å². The fourth-order valence-electron chi connectivity index (χ4n) is 7.00. The Bertz CT molecular complexity index is 2240. The van der Waals surface area contributed by atoms with Gasteiger partial charge in [-0.05, 0) is 102 Å². The van der Waals surface area contributed by atoms with E-state index in [1.807, 2.05) is 24.5 Å². The van der Waals surface area contributed by atoms with Crippen LogP contribution in [0.4, 0.5) is 5.69 Å². The predicted molar refractivity (Wildman–Crippen MR) is 196 cm³/mol. The van der Waals surface area contributed by atoms with E-state index in [-0.39, 0.29) is 12.1 Å². The van der Waals surface area contributed by atoms with E-state index in [1.54, 1.807) is 12.3 Å². The van der Waals surface area contributed by atoms with Gasteiger partial charge in [0.2, 0.25) is 0 Å². The Kier molecular flexibility index (Phi) is 9.37. The smallest absolute Gasteiger partial charge is 0.320 e. The number of aromatic amines is 3. The summed E-state index contributed by atoms with van der Waals surface area (Å²) >= 11 is 0. The molecule has 9 N–H and O–H groups in total. The lowest BCUT2D eigenvalue weighted by Gasteiger charge is -2.06. The molecule has 9 rings (SSSR count). The van der Waals surface area contributed by atoms with Gasteiger partial charge in [-0.2, -0.15) is 0 Å². The number of nitrogens with one attached hydrogen (secondary N) is 3. The van der Waals surface area contributed by atoms with Crippen LogP contribution in [0.1, 0.15) is 84.1 Å². The molecule has 0 unspecified atom stereocenters. The number of nitro groups is 1. The fraction of sp³-hybridized carbons (Fsp3) is 0.333. The van der Waals surface area contributed by atoms with Crippen molar-refractivity contribution in [2.75, 3.05) is 0 Å². The number of fused-ring (bicyclic) bond motifs is 3. The number of carbonyl (C=O) groups is 2.